The van der Waals surface area contributed by atoms with Crippen LogP contribution in [0.5, 0.6) is 0 Å². The van der Waals surface area contributed by atoms with Gasteiger partial charge in [-0.3, -0.25) is 14.2 Å². The molecule has 3 heterocycles. The quantitative estimate of drug-likeness (QED) is 0.524. The summed E-state index contributed by atoms with van der Waals surface area (Å²) in [6.07, 6.45) is 3.99. The van der Waals surface area contributed by atoms with E-state index in [1.54, 1.807) is 18.4 Å². The topological polar surface area (TPSA) is 65.2 Å². The zero-order chi connectivity index (χ0) is 19.5. The zero-order valence-electron chi connectivity index (χ0n) is 15.5. The van der Waals surface area contributed by atoms with Crippen molar-refractivity contribution in [3.63, 3.8) is 0 Å². The number of fused-ring (bicyclic) bond motifs is 1. The molecule has 1 saturated heterocycles. The number of hydrogen-bond acceptors (Lipinski definition) is 4. The van der Waals surface area contributed by atoms with Gasteiger partial charge in [0.05, 0.1) is 18.8 Å². The fourth-order valence-corrected chi connectivity index (χ4v) is 4.07. The average molecular weight is 417 g/mol. The maximum Gasteiger partial charge on any atom is 0.242 e. The number of guanidine groups is 1. The summed E-state index contributed by atoms with van der Waals surface area (Å²) in [6, 6.07) is 7.61. The number of amides is 1. The monoisotopic (exact) mass is 416 g/mol. The number of hydrogen-bond donors (Lipinski definition) is 1. The van der Waals surface area contributed by atoms with Crippen LogP contribution in [0.3, 0.4) is 0 Å². The minimum Gasteiger partial charge on any atom is -0.351 e. The normalized spacial score (nSPS) is 15.5. The molecule has 1 aromatic carbocycles. The molecule has 2 aromatic heterocycles. The summed E-state index contributed by atoms with van der Waals surface area (Å²) in [5.41, 5.74) is 2.02. The molecule has 1 N–H and O–H groups in total. The second-order valence-electron chi connectivity index (χ2n) is 6.59. The van der Waals surface area contributed by atoms with E-state index in [0.717, 1.165) is 28.7 Å². The maximum absolute atomic E-state index is 12.6. The van der Waals surface area contributed by atoms with Gasteiger partial charge in [0.25, 0.3) is 0 Å². The molecule has 3 aromatic rings. The summed E-state index contributed by atoms with van der Waals surface area (Å²) >= 11 is 7.53. The molecular weight excluding hydrogens is 396 g/mol. The Morgan fingerprint density at radius 1 is 1.32 bits per heavy atom. The number of aromatic nitrogens is 2. The highest BCUT2D eigenvalue weighted by Gasteiger charge is 2.26. The number of piperazine rings is 1. The lowest BCUT2D eigenvalue weighted by atomic mass is 10.2. The Morgan fingerprint density at radius 2 is 2.14 bits per heavy atom. The number of benzene rings is 1. The fraction of sp³-hybridized carbons (Fsp3) is 0.316. The number of aliphatic imine (C=N–C) groups is 1. The number of carbonyl (C=O) groups excluding carboxylic acids is 1. The Kier molecular flexibility index (Phi) is 5.50. The molecule has 0 unspecified atom stereocenters. The second-order valence-corrected chi connectivity index (χ2v) is 7.90. The van der Waals surface area contributed by atoms with Crippen LogP contribution >= 0.6 is 22.9 Å². The maximum atomic E-state index is 12.6. The van der Waals surface area contributed by atoms with E-state index in [1.165, 1.54) is 0 Å². The molecule has 0 bridgehead atoms. The molecule has 0 atom stereocenters. The molecule has 146 valence electrons. The third kappa shape index (κ3) is 4.13. The minimum absolute atomic E-state index is 0.0895. The lowest BCUT2D eigenvalue weighted by Crippen LogP contribution is -2.54. The SMILES string of the molecule is CN=C(NCc1cn2ccsc2n1)N1CCN(Cc2ccc(Cl)cc2)C(=O)C1. The number of nitrogens with zero attached hydrogens (tertiary/aromatic N) is 5. The van der Waals surface area contributed by atoms with Crippen LogP contribution in [0.15, 0.2) is 47.0 Å². The van der Waals surface area contributed by atoms with E-state index in [4.69, 9.17) is 11.6 Å². The van der Waals surface area contributed by atoms with E-state index in [2.05, 4.69) is 15.3 Å². The van der Waals surface area contributed by atoms with E-state index in [9.17, 15) is 4.79 Å². The van der Waals surface area contributed by atoms with Crippen LogP contribution < -0.4 is 5.32 Å². The first-order valence-electron chi connectivity index (χ1n) is 9.01. The molecule has 1 aliphatic rings. The molecule has 7 nitrogen and oxygen atoms in total. The Hall–Kier alpha value is -2.58. The lowest BCUT2D eigenvalue weighted by Gasteiger charge is -2.36. The highest BCUT2D eigenvalue weighted by atomic mass is 35.5. The van der Waals surface area contributed by atoms with Gasteiger partial charge in [-0.15, -0.1) is 11.3 Å². The van der Waals surface area contributed by atoms with Crippen molar-refractivity contribution in [3.05, 3.63) is 58.3 Å². The van der Waals surface area contributed by atoms with Crippen LogP contribution in [-0.2, 0) is 17.9 Å². The van der Waals surface area contributed by atoms with Gasteiger partial charge in [0.1, 0.15) is 0 Å². The molecule has 1 amide bonds. The number of thiazole rings is 1. The lowest BCUT2D eigenvalue weighted by molar-refractivity contribution is -0.135. The van der Waals surface area contributed by atoms with Crippen LogP contribution in [0.4, 0.5) is 0 Å². The first-order chi connectivity index (χ1) is 13.6. The van der Waals surface area contributed by atoms with Gasteiger partial charge in [-0.2, -0.15) is 0 Å². The molecule has 1 fully saturated rings. The molecule has 28 heavy (non-hydrogen) atoms. The van der Waals surface area contributed by atoms with Crippen molar-refractivity contribution >= 4 is 39.8 Å². The van der Waals surface area contributed by atoms with E-state index >= 15 is 0 Å². The van der Waals surface area contributed by atoms with Crippen LogP contribution in [-0.4, -0.2) is 57.7 Å². The smallest absolute Gasteiger partial charge is 0.242 e. The molecule has 0 aliphatic carbocycles. The van der Waals surface area contributed by atoms with Crippen molar-refractivity contribution in [1.29, 1.82) is 0 Å². The summed E-state index contributed by atoms with van der Waals surface area (Å²) in [7, 11) is 1.73. The van der Waals surface area contributed by atoms with E-state index in [-0.39, 0.29) is 5.91 Å². The molecule has 0 radical (unpaired) electrons. The summed E-state index contributed by atoms with van der Waals surface area (Å²) in [6.45, 7) is 2.87. The van der Waals surface area contributed by atoms with Gasteiger partial charge in [-0.05, 0) is 17.7 Å². The van der Waals surface area contributed by atoms with Gasteiger partial charge in [-0.1, -0.05) is 23.7 Å². The van der Waals surface area contributed by atoms with E-state index < -0.39 is 0 Å². The summed E-state index contributed by atoms with van der Waals surface area (Å²) in [5.74, 6) is 0.808. The van der Waals surface area contributed by atoms with Crippen molar-refractivity contribution in [3.8, 4) is 0 Å². The van der Waals surface area contributed by atoms with Crippen molar-refractivity contribution in [2.24, 2.45) is 4.99 Å². The standard InChI is InChI=1S/C19H21ClN6OS/c1-21-18(22-10-16-12-26-8-9-28-19(26)23-16)25-7-6-24(17(27)13-25)11-14-2-4-15(20)5-3-14/h2-5,8-9,12H,6-7,10-11,13H2,1H3,(H,21,22). The van der Waals surface area contributed by atoms with Crippen molar-refractivity contribution < 1.29 is 4.79 Å². The van der Waals surface area contributed by atoms with Gasteiger partial charge < -0.3 is 15.1 Å². The summed E-state index contributed by atoms with van der Waals surface area (Å²) in [5, 5.41) is 6.03. The molecular formula is C19H21ClN6OS. The van der Waals surface area contributed by atoms with Gasteiger partial charge in [-0.25, -0.2) is 4.98 Å². The predicted octanol–water partition coefficient (Wildman–Crippen LogP) is 2.47. The van der Waals surface area contributed by atoms with Gasteiger partial charge >= 0.3 is 0 Å². The van der Waals surface area contributed by atoms with Gasteiger partial charge in [0.2, 0.25) is 5.91 Å². The van der Waals surface area contributed by atoms with Gasteiger partial charge in [0, 0.05) is 49.5 Å². The number of halogens is 1. The Bertz CT molecular complexity index is 967. The number of carbonyl (C=O) groups is 1. The van der Waals surface area contributed by atoms with Crippen LogP contribution in [0.2, 0.25) is 5.02 Å². The van der Waals surface area contributed by atoms with Crippen LogP contribution in [0, 0.1) is 0 Å². The van der Waals surface area contributed by atoms with E-state index in [1.807, 2.05) is 56.2 Å². The minimum atomic E-state index is 0.0895. The highest BCUT2D eigenvalue weighted by Crippen LogP contribution is 2.14. The second kappa shape index (κ2) is 8.20. The average Bonchev–Trinajstić information content (AvgIpc) is 3.28. The number of rotatable bonds is 4. The molecule has 0 spiro atoms. The van der Waals surface area contributed by atoms with Crippen molar-refractivity contribution in [2.75, 3.05) is 26.7 Å². The summed E-state index contributed by atoms with van der Waals surface area (Å²) < 4.78 is 2.00. The number of nitrogens with one attached hydrogen (secondary N) is 1. The Labute approximate surface area is 172 Å². The largest absolute Gasteiger partial charge is 0.351 e. The number of imidazole rings is 1. The molecule has 1 aliphatic heterocycles. The van der Waals surface area contributed by atoms with Crippen LogP contribution in [0.25, 0.3) is 4.96 Å². The molecule has 0 saturated carbocycles. The zero-order valence-corrected chi connectivity index (χ0v) is 17.1. The van der Waals surface area contributed by atoms with Crippen molar-refractivity contribution in [1.82, 2.24) is 24.5 Å². The van der Waals surface area contributed by atoms with Crippen molar-refractivity contribution in [2.45, 2.75) is 13.1 Å². The Morgan fingerprint density at radius 3 is 2.86 bits per heavy atom. The first-order valence-corrected chi connectivity index (χ1v) is 10.3. The predicted molar refractivity (Wildman–Crippen MR) is 112 cm³/mol. The highest BCUT2D eigenvalue weighted by molar-refractivity contribution is 7.15. The molecule has 9 heteroatoms. The third-order valence-corrected chi connectivity index (χ3v) is 5.71. The Balaban J connectivity index is 1.33. The van der Waals surface area contributed by atoms with Crippen LogP contribution in [0.1, 0.15) is 11.3 Å². The molecule has 4 rings (SSSR count). The third-order valence-electron chi connectivity index (χ3n) is 4.69. The fourth-order valence-electron chi connectivity index (χ4n) is 3.23. The first kappa shape index (κ1) is 18.8. The summed E-state index contributed by atoms with van der Waals surface area (Å²) in [4.78, 5) is 26.3. The van der Waals surface area contributed by atoms with E-state index in [0.29, 0.717) is 31.2 Å². The van der Waals surface area contributed by atoms with Gasteiger partial charge in [0.15, 0.2) is 10.9 Å².